The van der Waals surface area contributed by atoms with Crippen molar-refractivity contribution in [1.82, 2.24) is 4.90 Å². The van der Waals surface area contributed by atoms with Crippen LogP contribution in [0.3, 0.4) is 0 Å². The lowest BCUT2D eigenvalue weighted by Gasteiger charge is -2.19. The Labute approximate surface area is 80.5 Å². The first kappa shape index (κ1) is 10.3. The van der Waals surface area contributed by atoms with E-state index >= 15 is 0 Å². The average molecular weight is 181 g/mol. The maximum Gasteiger partial charge on any atom is 0.105 e. The lowest BCUT2D eigenvalue weighted by molar-refractivity contribution is 0.270. The van der Waals surface area contributed by atoms with Gasteiger partial charge in [-0.25, -0.2) is 0 Å². The lowest BCUT2D eigenvalue weighted by atomic mass is 10.3. The Bertz CT molecular complexity index is 252. The molecule has 0 fully saturated rings. The van der Waals surface area contributed by atoms with E-state index in [0.29, 0.717) is 6.04 Å². The summed E-state index contributed by atoms with van der Waals surface area (Å²) in [5.74, 6) is 2.09. The van der Waals surface area contributed by atoms with Crippen molar-refractivity contribution in [3.63, 3.8) is 0 Å². The van der Waals surface area contributed by atoms with Crippen molar-refractivity contribution < 1.29 is 4.42 Å². The van der Waals surface area contributed by atoms with Gasteiger partial charge in [-0.2, -0.15) is 0 Å². The summed E-state index contributed by atoms with van der Waals surface area (Å²) in [5, 5.41) is 0. The Morgan fingerprint density at radius 3 is 2.54 bits per heavy atom. The molecule has 0 radical (unpaired) electrons. The molecule has 74 valence electrons. The highest BCUT2D eigenvalue weighted by Crippen LogP contribution is 2.07. The first-order chi connectivity index (χ1) is 6.09. The molecule has 0 unspecified atom stereocenters. The van der Waals surface area contributed by atoms with Gasteiger partial charge in [0.25, 0.3) is 0 Å². The largest absolute Gasteiger partial charge is 0.466 e. The van der Waals surface area contributed by atoms with Crippen molar-refractivity contribution in [2.45, 2.75) is 33.2 Å². The van der Waals surface area contributed by atoms with Crippen LogP contribution in [0, 0.1) is 6.92 Å². The second-order valence-corrected chi connectivity index (χ2v) is 3.84. The van der Waals surface area contributed by atoms with Gasteiger partial charge in [-0.1, -0.05) is 0 Å². The van der Waals surface area contributed by atoms with Crippen LogP contribution in [0.4, 0.5) is 0 Å². The predicted octanol–water partition coefficient (Wildman–Crippen LogP) is 2.47. The molecule has 0 aromatic carbocycles. The van der Waals surface area contributed by atoms with E-state index in [-0.39, 0.29) is 0 Å². The topological polar surface area (TPSA) is 16.4 Å². The van der Waals surface area contributed by atoms with Gasteiger partial charge in [0.05, 0.1) is 0 Å². The number of nitrogens with zero attached hydrogens (tertiary/aromatic N) is 1. The Morgan fingerprint density at radius 1 is 1.38 bits per heavy atom. The van der Waals surface area contributed by atoms with Gasteiger partial charge in [-0.15, -0.1) is 0 Å². The molecule has 0 saturated carbocycles. The van der Waals surface area contributed by atoms with E-state index < -0.39 is 0 Å². The Hall–Kier alpha value is -0.760. The number of hydrogen-bond donors (Lipinski definition) is 0. The minimum Gasteiger partial charge on any atom is -0.466 e. The quantitative estimate of drug-likeness (QED) is 0.709. The Morgan fingerprint density at radius 2 is 2.08 bits per heavy atom. The third-order valence-electron chi connectivity index (χ3n) is 2.39. The summed E-state index contributed by atoms with van der Waals surface area (Å²) in [4.78, 5) is 2.32. The maximum atomic E-state index is 5.49. The fraction of sp³-hybridized carbons (Fsp3) is 0.636. The fourth-order valence-corrected chi connectivity index (χ4v) is 1.16. The van der Waals surface area contributed by atoms with E-state index in [1.807, 2.05) is 13.0 Å². The third kappa shape index (κ3) is 3.23. The zero-order chi connectivity index (χ0) is 9.84. The molecule has 0 aliphatic carbocycles. The van der Waals surface area contributed by atoms with Crippen molar-refractivity contribution >= 4 is 0 Å². The minimum atomic E-state index is 0.607. The molecule has 0 saturated heterocycles. The van der Waals surface area contributed by atoms with Crippen LogP contribution in [0.2, 0.25) is 0 Å². The molecule has 0 atom stereocenters. The SMILES string of the molecule is Cc1ccc(CCN(C)C(C)C)o1. The summed E-state index contributed by atoms with van der Waals surface area (Å²) >= 11 is 0. The average Bonchev–Trinajstić information content (AvgIpc) is 2.47. The predicted molar refractivity (Wildman–Crippen MR) is 54.9 cm³/mol. The van der Waals surface area contributed by atoms with Gasteiger partial charge in [0.2, 0.25) is 0 Å². The van der Waals surface area contributed by atoms with Gasteiger partial charge in [0.1, 0.15) is 11.5 Å². The number of likely N-dealkylation sites (N-methyl/N-ethyl adjacent to an activating group) is 1. The molecule has 2 heteroatoms. The molecule has 0 bridgehead atoms. The molecule has 0 N–H and O–H groups in total. The molecule has 13 heavy (non-hydrogen) atoms. The van der Waals surface area contributed by atoms with Crippen LogP contribution in [0.25, 0.3) is 0 Å². The number of rotatable bonds is 4. The molecule has 1 aromatic heterocycles. The van der Waals surface area contributed by atoms with Crippen molar-refractivity contribution in [2.24, 2.45) is 0 Å². The molecular weight excluding hydrogens is 162 g/mol. The molecule has 1 heterocycles. The number of hydrogen-bond acceptors (Lipinski definition) is 2. The van der Waals surface area contributed by atoms with Crippen molar-refractivity contribution in [1.29, 1.82) is 0 Å². The molecule has 0 aliphatic rings. The second kappa shape index (κ2) is 4.47. The van der Waals surface area contributed by atoms with Crippen LogP contribution in [0.1, 0.15) is 25.4 Å². The molecule has 2 nitrogen and oxygen atoms in total. The van der Waals surface area contributed by atoms with Gasteiger partial charge in [0.15, 0.2) is 0 Å². The molecule has 0 aliphatic heterocycles. The van der Waals surface area contributed by atoms with E-state index in [1.54, 1.807) is 0 Å². The molecule has 1 rings (SSSR count). The summed E-state index contributed by atoms with van der Waals surface area (Å²) < 4.78 is 5.49. The normalized spacial score (nSPS) is 11.5. The smallest absolute Gasteiger partial charge is 0.105 e. The summed E-state index contributed by atoms with van der Waals surface area (Å²) in [6.07, 6.45) is 1.00. The lowest BCUT2D eigenvalue weighted by Crippen LogP contribution is -2.28. The van der Waals surface area contributed by atoms with E-state index in [4.69, 9.17) is 4.42 Å². The highest BCUT2D eigenvalue weighted by Gasteiger charge is 2.04. The molecular formula is C11H19NO. The van der Waals surface area contributed by atoms with Crippen LogP contribution in [0.5, 0.6) is 0 Å². The Balaban J connectivity index is 2.35. The maximum absolute atomic E-state index is 5.49. The third-order valence-corrected chi connectivity index (χ3v) is 2.39. The molecule has 0 amide bonds. The van der Waals surface area contributed by atoms with Crippen molar-refractivity contribution in [3.8, 4) is 0 Å². The monoisotopic (exact) mass is 181 g/mol. The summed E-state index contributed by atoms with van der Waals surface area (Å²) in [7, 11) is 2.14. The van der Waals surface area contributed by atoms with Crippen LogP contribution >= 0.6 is 0 Å². The zero-order valence-electron chi connectivity index (χ0n) is 9.00. The van der Waals surface area contributed by atoms with Crippen molar-refractivity contribution in [2.75, 3.05) is 13.6 Å². The zero-order valence-corrected chi connectivity index (χ0v) is 9.00. The Kier molecular flexibility index (Phi) is 3.55. The molecule has 0 spiro atoms. The van der Waals surface area contributed by atoms with E-state index in [9.17, 15) is 0 Å². The van der Waals surface area contributed by atoms with Crippen LogP contribution in [-0.4, -0.2) is 24.5 Å². The van der Waals surface area contributed by atoms with Gasteiger partial charge in [-0.05, 0) is 40.0 Å². The van der Waals surface area contributed by atoms with Crippen LogP contribution < -0.4 is 0 Å². The van der Waals surface area contributed by atoms with Crippen LogP contribution in [0.15, 0.2) is 16.5 Å². The van der Waals surface area contributed by atoms with Gasteiger partial charge in [0, 0.05) is 19.0 Å². The van der Waals surface area contributed by atoms with Gasteiger partial charge >= 0.3 is 0 Å². The standard InChI is InChI=1S/C11H19NO/c1-9(2)12(4)8-7-11-6-5-10(3)13-11/h5-6,9H,7-8H2,1-4H3. The van der Waals surface area contributed by atoms with Gasteiger partial charge in [-0.3, -0.25) is 0 Å². The van der Waals surface area contributed by atoms with E-state index in [2.05, 4.69) is 31.9 Å². The van der Waals surface area contributed by atoms with Crippen molar-refractivity contribution in [3.05, 3.63) is 23.7 Å². The highest BCUT2D eigenvalue weighted by atomic mass is 16.3. The number of aryl methyl sites for hydroxylation is 1. The second-order valence-electron chi connectivity index (χ2n) is 3.84. The first-order valence-electron chi connectivity index (χ1n) is 4.85. The minimum absolute atomic E-state index is 0.607. The van der Waals surface area contributed by atoms with Gasteiger partial charge < -0.3 is 9.32 Å². The first-order valence-corrected chi connectivity index (χ1v) is 4.85. The number of furan rings is 1. The van der Waals surface area contributed by atoms with Crippen LogP contribution in [-0.2, 0) is 6.42 Å². The highest BCUT2D eigenvalue weighted by molar-refractivity contribution is 5.05. The summed E-state index contributed by atoms with van der Waals surface area (Å²) in [5.41, 5.74) is 0. The fourth-order valence-electron chi connectivity index (χ4n) is 1.16. The van der Waals surface area contributed by atoms with E-state index in [0.717, 1.165) is 24.5 Å². The van der Waals surface area contributed by atoms with E-state index in [1.165, 1.54) is 0 Å². The summed E-state index contributed by atoms with van der Waals surface area (Å²) in [6, 6.07) is 4.69. The summed E-state index contributed by atoms with van der Waals surface area (Å²) in [6.45, 7) is 7.45. The molecule has 1 aromatic rings.